The van der Waals surface area contributed by atoms with E-state index in [4.69, 9.17) is 4.89 Å². The molecule has 16 heavy (non-hydrogen) atoms. The van der Waals surface area contributed by atoms with Gasteiger partial charge in [-0.3, -0.25) is 4.89 Å². The van der Waals surface area contributed by atoms with E-state index < -0.39 is 5.97 Å². The van der Waals surface area contributed by atoms with E-state index in [1.54, 1.807) is 24.3 Å². The van der Waals surface area contributed by atoms with Crippen LogP contribution in [0, 0.1) is 0 Å². The summed E-state index contributed by atoms with van der Waals surface area (Å²) in [5.41, 5.74) is 0.510. The van der Waals surface area contributed by atoms with E-state index in [2.05, 4.69) is 11.8 Å². The van der Waals surface area contributed by atoms with E-state index in [1.807, 2.05) is 6.07 Å². The molecule has 0 atom stereocenters. The molecule has 0 aromatic heterocycles. The Labute approximate surface area is 96.3 Å². The molecule has 0 fully saturated rings. The van der Waals surface area contributed by atoms with E-state index in [9.17, 15) is 4.79 Å². The van der Waals surface area contributed by atoms with Gasteiger partial charge in [-0.05, 0) is 18.6 Å². The zero-order valence-electron chi connectivity index (χ0n) is 9.65. The molecule has 1 rings (SSSR count). The number of hydrogen-bond acceptors (Lipinski definition) is 3. The summed E-state index contributed by atoms with van der Waals surface area (Å²) in [6.45, 7) is 2.62. The normalized spacial score (nSPS) is 10.1. The van der Waals surface area contributed by atoms with Gasteiger partial charge in [-0.2, -0.15) is 4.89 Å². The largest absolute Gasteiger partial charge is 0.373 e. The molecule has 1 aromatic rings. The van der Waals surface area contributed by atoms with E-state index in [-0.39, 0.29) is 0 Å². The van der Waals surface area contributed by atoms with Gasteiger partial charge in [0.15, 0.2) is 0 Å². The Morgan fingerprint density at radius 3 is 2.56 bits per heavy atom. The maximum Gasteiger partial charge on any atom is 0.373 e. The molecule has 0 saturated heterocycles. The molecule has 0 amide bonds. The molecule has 1 aromatic carbocycles. The van der Waals surface area contributed by atoms with Crippen molar-refractivity contribution in [2.45, 2.75) is 32.6 Å². The van der Waals surface area contributed by atoms with Crippen molar-refractivity contribution in [3.8, 4) is 0 Å². The van der Waals surface area contributed by atoms with Crippen molar-refractivity contribution >= 4 is 5.97 Å². The molecule has 0 aliphatic carbocycles. The van der Waals surface area contributed by atoms with Crippen LogP contribution in [0.5, 0.6) is 0 Å². The molecule has 3 heteroatoms. The summed E-state index contributed by atoms with van der Waals surface area (Å²) in [6.07, 6.45) is 4.41. The van der Waals surface area contributed by atoms with Crippen LogP contribution in [0.15, 0.2) is 30.3 Å². The Bertz CT molecular complexity index is 295. The molecule has 0 N–H and O–H groups in total. The Kier molecular flexibility index (Phi) is 6.26. The summed E-state index contributed by atoms with van der Waals surface area (Å²) in [5, 5.41) is 0. The molecule has 0 aliphatic rings. The van der Waals surface area contributed by atoms with Gasteiger partial charge in [0.25, 0.3) is 0 Å². The third-order valence-corrected chi connectivity index (χ3v) is 2.23. The lowest BCUT2D eigenvalue weighted by atomic mass is 10.2. The average molecular weight is 222 g/mol. The van der Waals surface area contributed by atoms with Crippen molar-refractivity contribution in [2.24, 2.45) is 0 Å². The zero-order valence-corrected chi connectivity index (χ0v) is 9.65. The smallest absolute Gasteiger partial charge is 0.293 e. The average Bonchev–Trinajstić information content (AvgIpc) is 2.34. The molecular weight excluding hydrogens is 204 g/mol. The fourth-order valence-corrected chi connectivity index (χ4v) is 1.31. The Morgan fingerprint density at radius 1 is 1.12 bits per heavy atom. The van der Waals surface area contributed by atoms with Gasteiger partial charge in [0.05, 0.1) is 12.2 Å². The first-order valence-corrected chi connectivity index (χ1v) is 5.73. The molecule has 88 valence electrons. The van der Waals surface area contributed by atoms with Crippen LogP contribution >= 0.6 is 0 Å². The van der Waals surface area contributed by atoms with Crippen molar-refractivity contribution in [3.05, 3.63) is 35.9 Å². The molecule has 0 saturated carbocycles. The fraction of sp³-hybridized carbons (Fsp3) is 0.462. The van der Waals surface area contributed by atoms with Crippen molar-refractivity contribution < 1.29 is 14.6 Å². The molecule has 0 radical (unpaired) electrons. The first kappa shape index (κ1) is 12.7. The number of benzene rings is 1. The predicted octanol–water partition coefficient (Wildman–Crippen LogP) is 3.36. The van der Waals surface area contributed by atoms with Crippen LogP contribution in [0.25, 0.3) is 0 Å². The van der Waals surface area contributed by atoms with E-state index in [0.717, 1.165) is 12.8 Å². The lowest BCUT2D eigenvalue weighted by Crippen LogP contribution is -2.06. The predicted molar refractivity (Wildman–Crippen MR) is 62.0 cm³/mol. The van der Waals surface area contributed by atoms with Crippen molar-refractivity contribution in [1.29, 1.82) is 0 Å². The SMILES string of the molecule is CCCCCCOOC(=O)c1ccccc1. The summed E-state index contributed by atoms with van der Waals surface area (Å²) in [4.78, 5) is 20.9. The van der Waals surface area contributed by atoms with Crippen LogP contribution in [-0.4, -0.2) is 12.6 Å². The quantitative estimate of drug-likeness (QED) is 0.403. The summed E-state index contributed by atoms with van der Waals surface area (Å²) in [6, 6.07) is 8.82. The van der Waals surface area contributed by atoms with Crippen LogP contribution < -0.4 is 0 Å². The molecule has 0 aliphatic heterocycles. The highest BCUT2D eigenvalue weighted by molar-refractivity contribution is 5.88. The minimum absolute atomic E-state index is 0.434. The van der Waals surface area contributed by atoms with Crippen LogP contribution in [0.2, 0.25) is 0 Å². The Balaban J connectivity index is 2.12. The summed E-state index contributed by atoms with van der Waals surface area (Å²) in [7, 11) is 0. The van der Waals surface area contributed by atoms with Gasteiger partial charge >= 0.3 is 5.97 Å². The Hall–Kier alpha value is -1.35. The Morgan fingerprint density at radius 2 is 1.88 bits per heavy atom. The number of hydrogen-bond donors (Lipinski definition) is 0. The van der Waals surface area contributed by atoms with E-state index in [1.165, 1.54) is 12.8 Å². The minimum Gasteiger partial charge on any atom is -0.293 e. The molecule has 0 unspecified atom stereocenters. The molecule has 0 heterocycles. The molecule has 0 bridgehead atoms. The second kappa shape index (κ2) is 7.88. The monoisotopic (exact) mass is 222 g/mol. The van der Waals surface area contributed by atoms with Crippen molar-refractivity contribution in [1.82, 2.24) is 0 Å². The zero-order chi connectivity index (χ0) is 11.6. The molecule has 0 spiro atoms. The highest BCUT2D eigenvalue weighted by Gasteiger charge is 2.06. The molecular formula is C13H18O3. The first-order valence-electron chi connectivity index (χ1n) is 5.73. The fourth-order valence-electron chi connectivity index (χ4n) is 1.31. The second-order valence-corrected chi connectivity index (χ2v) is 3.62. The number of carbonyl (C=O) groups excluding carboxylic acids is 1. The maximum absolute atomic E-state index is 11.4. The highest BCUT2D eigenvalue weighted by Crippen LogP contribution is 2.03. The van der Waals surface area contributed by atoms with Gasteiger partial charge in [0, 0.05) is 0 Å². The number of rotatable bonds is 7. The van der Waals surface area contributed by atoms with E-state index >= 15 is 0 Å². The third-order valence-electron chi connectivity index (χ3n) is 2.23. The summed E-state index contributed by atoms with van der Waals surface area (Å²) < 4.78 is 0. The lowest BCUT2D eigenvalue weighted by molar-refractivity contribution is -0.241. The summed E-state index contributed by atoms with van der Waals surface area (Å²) >= 11 is 0. The van der Waals surface area contributed by atoms with Crippen molar-refractivity contribution in [3.63, 3.8) is 0 Å². The van der Waals surface area contributed by atoms with Gasteiger partial charge in [-0.1, -0.05) is 44.4 Å². The second-order valence-electron chi connectivity index (χ2n) is 3.62. The van der Waals surface area contributed by atoms with Crippen LogP contribution in [0.4, 0.5) is 0 Å². The maximum atomic E-state index is 11.4. The lowest BCUT2D eigenvalue weighted by Gasteiger charge is -2.03. The first-order chi connectivity index (χ1) is 7.84. The highest BCUT2D eigenvalue weighted by atomic mass is 17.2. The van der Waals surface area contributed by atoms with E-state index in [0.29, 0.717) is 12.2 Å². The van der Waals surface area contributed by atoms with Gasteiger partial charge in [0.1, 0.15) is 0 Å². The number of carbonyl (C=O) groups is 1. The van der Waals surface area contributed by atoms with Crippen LogP contribution in [0.1, 0.15) is 43.0 Å². The van der Waals surface area contributed by atoms with Crippen molar-refractivity contribution in [2.75, 3.05) is 6.61 Å². The van der Waals surface area contributed by atoms with Crippen LogP contribution in [-0.2, 0) is 9.78 Å². The van der Waals surface area contributed by atoms with Gasteiger partial charge in [0.2, 0.25) is 0 Å². The summed E-state index contributed by atoms with van der Waals surface area (Å²) in [5.74, 6) is -0.434. The number of unbranched alkanes of at least 4 members (excludes halogenated alkanes) is 3. The van der Waals surface area contributed by atoms with Crippen LogP contribution in [0.3, 0.4) is 0 Å². The van der Waals surface area contributed by atoms with Gasteiger partial charge < -0.3 is 0 Å². The molecule has 3 nitrogen and oxygen atoms in total. The minimum atomic E-state index is -0.434. The topological polar surface area (TPSA) is 35.5 Å². The van der Waals surface area contributed by atoms with Gasteiger partial charge in [-0.15, -0.1) is 0 Å². The van der Waals surface area contributed by atoms with Gasteiger partial charge in [-0.25, -0.2) is 4.79 Å². The standard InChI is InChI=1S/C13H18O3/c1-2-3-4-8-11-15-16-13(14)12-9-6-5-7-10-12/h5-7,9-10H,2-4,8,11H2,1H3. The third kappa shape index (κ3) is 4.94.